The first-order valence-corrected chi connectivity index (χ1v) is 5.48. The second kappa shape index (κ2) is 4.49. The smallest absolute Gasteiger partial charge is 0.106 e. The van der Waals surface area contributed by atoms with E-state index in [1.54, 1.807) is 0 Å². The maximum absolute atomic E-state index is 5.58. The Kier molecular flexibility index (Phi) is 3.06. The van der Waals surface area contributed by atoms with Gasteiger partial charge < -0.3 is 10.3 Å². The van der Waals surface area contributed by atoms with E-state index in [1.807, 2.05) is 13.1 Å². The van der Waals surface area contributed by atoms with Gasteiger partial charge in [-0.2, -0.15) is 0 Å². The molecule has 0 spiro atoms. The van der Waals surface area contributed by atoms with Crippen LogP contribution in [0.4, 0.5) is 0 Å². The van der Waals surface area contributed by atoms with Crippen molar-refractivity contribution < 1.29 is 0 Å². The average Bonchev–Trinajstić information content (AvgIpc) is 2.63. The highest BCUT2D eigenvalue weighted by Crippen LogP contribution is 2.11. The van der Waals surface area contributed by atoms with E-state index >= 15 is 0 Å². The van der Waals surface area contributed by atoms with Crippen molar-refractivity contribution in [2.45, 2.75) is 26.9 Å². The third-order valence-corrected chi connectivity index (χ3v) is 2.84. The van der Waals surface area contributed by atoms with Gasteiger partial charge in [0.25, 0.3) is 0 Å². The van der Waals surface area contributed by atoms with E-state index in [0.29, 0.717) is 6.54 Å². The summed E-state index contributed by atoms with van der Waals surface area (Å²) in [4.78, 5) is 4.39. The lowest BCUT2D eigenvalue weighted by Crippen LogP contribution is -2.02. The molecule has 1 heterocycles. The predicted molar refractivity (Wildman–Crippen MR) is 65.1 cm³/mol. The van der Waals surface area contributed by atoms with Gasteiger partial charge in [0, 0.05) is 19.3 Å². The van der Waals surface area contributed by atoms with Crippen LogP contribution < -0.4 is 5.73 Å². The molecule has 0 unspecified atom stereocenters. The first kappa shape index (κ1) is 10.9. The van der Waals surface area contributed by atoms with Crippen LogP contribution in [0, 0.1) is 13.8 Å². The molecule has 0 aliphatic carbocycles. The monoisotopic (exact) mass is 215 g/mol. The van der Waals surface area contributed by atoms with Gasteiger partial charge in [-0.1, -0.05) is 24.3 Å². The van der Waals surface area contributed by atoms with Crippen molar-refractivity contribution >= 4 is 0 Å². The number of benzene rings is 1. The largest absolute Gasteiger partial charge is 0.330 e. The van der Waals surface area contributed by atoms with E-state index in [1.165, 1.54) is 11.1 Å². The fraction of sp³-hybridized carbons (Fsp3) is 0.308. The van der Waals surface area contributed by atoms with Gasteiger partial charge >= 0.3 is 0 Å². The molecule has 0 aliphatic rings. The molecule has 0 saturated carbocycles. The van der Waals surface area contributed by atoms with Crippen LogP contribution in [0.15, 0.2) is 30.5 Å². The number of hydrogen-bond donors (Lipinski definition) is 1. The van der Waals surface area contributed by atoms with Crippen molar-refractivity contribution in [3.63, 3.8) is 0 Å². The van der Waals surface area contributed by atoms with Gasteiger partial charge in [0.2, 0.25) is 0 Å². The molecule has 84 valence electrons. The Labute approximate surface area is 95.9 Å². The van der Waals surface area contributed by atoms with E-state index in [4.69, 9.17) is 5.73 Å². The molecule has 16 heavy (non-hydrogen) atoms. The summed E-state index contributed by atoms with van der Waals surface area (Å²) in [5, 5.41) is 0. The number of imidazole rings is 1. The molecule has 2 aromatic rings. The molecule has 0 atom stereocenters. The summed E-state index contributed by atoms with van der Waals surface area (Å²) in [5.74, 6) is 1.02. The summed E-state index contributed by atoms with van der Waals surface area (Å²) >= 11 is 0. The lowest BCUT2D eigenvalue weighted by Gasteiger charge is -2.07. The third kappa shape index (κ3) is 2.14. The van der Waals surface area contributed by atoms with E-state index < -0.39 is 0 Å². The molecule has 2 rings (SSSR count). The Morgan fingerprint density at radius 1 is 1.25 bits per heavy atom. The first-order valence-electron chi connectivity index (χ1n) is 5.48. The van der Waals surface area contributed by atoms with Gasteiger partial charge in [0.15, 0.2) is 0 Å². The summed E-state index contributed by atoms with van der Waals surface area (Å²) in [6.45, 7) is 5.51. The van der Waals surface area contributed by atoms with Crippen LogP contribution in [-0.2, 0) is 13.1 Å². The minimum absolute atomic E-state index is 0.502. The van der Waals surface area contributed by atoms with Crippen LogP contribution in [0.25, 0.3) is 0 Å². The fourth-order valence-electron chi connectivity index (χ4n) is 1.80. The van der Waals surface area contributed by atoms with Crippen molar-refractivity contribution in [1.82, 2.24) is 9.55 Å². The lowest BCUT2D eigenvalue weighted by atomic mass is 10.1. The Morgan fingerprint density at radius 3 is 2.62 bits per heavy atom. The van der Waals surface area contributed by atoms with E-state index in [-0.39, 0.29) is 0 Å². The van der Waals surface area contributed by atoms with Gasteiger partial charge in [-0.3, -0.25) is 0 Å². The summed E-state index contributed by atoms with van der Waals surface area (Å²) in [6, 6.07) is 8.41. The van der Waals surface area contributed by atoms with Crippen molar-refractivity contribution in [1.29, 1.82) is 0 Å². The second-order valence-corrected chi connectivity index (χ2v) is 4.04. The number of nitrogens with zero attached hydrogens (tertiary/aromatic N) is 2. The number of nitrogens with two attached hydrogens (primary N) is 1. The van der Waals surface area contributed by atoms with Crippen LogP contribution in [0.1, 0.15) is 22.6 Å². The van der Waals surface area contributed by atoms with Crippen molar-refractivity contribution in [2.75, 3.05) is 0 Å². The van der Waals surface area contributed by atoms with E-state index in [9.17, 15) is 0 Å². The molecule has 2 N–H and O–H groups in total. The molecule has 0 radical (unpaired) electrons. The van der Waals surface area contributed by atoms with E-state index in [0.717, 1.165) is 18.1 Å². The molecular weight excluding hydrogens is 198 g/mol. The predicted octanol–water partition coefficient (Wildman–Crippen LogP) is 2.01. The Bertz CT molecular complexity index is 486. The van der Waals surface area contributed by atoms with Crippen LogP contribution in [0.3, 0.4) is 0 Å². The van der Waals surface area contributed by atoms with Gasteiger partial charge in [-0.05, 0) is 25.0 Å². The zero-order valence-corrected chi connectivity index (χ0v) is 9.77. The molecule has 0 fully saturated rings. The second-order valence-electron chi connectivity index (χ2n) is 4.04. The molecule has 1 aromatic carbocycles. The standard InChI is InChI=1S/C13H17N3/c1-10-5-3-4-6-12(10)8-16-9-13(7-14)15-11(16)2/h3-6,9H,7-8,14H2,1-2H3. The SMILES string of the molecule is Cc1ccccc1Cn1cc(CN)nc1C. The minimum atomic E-state index is 0.502. The summed E-state index contributed by atoms with van der Waals surface area (Å²) in [5.41, 5.74) is 9.17. The summed E-state index contributed by atoms with van der Waals surface area (Å²) in [6.07, 6.45) is 2.03. The number of hydrogen-bond acceptors (Lipinski definition) is 2. The Morgan fingerprint density at radius 2 is 2.00 bits per heavy atom. The zero-order valence-electron chi connectivity index (χ0n) is 9.77. The average molecular weight is 215 g/mol. The highest BCUT2D eigenvalue weighted by Gasteiger charge is 2.04. The van der Waals surface area contributed by atoms with Crippen LogP contribution in [0.5, 0.6) is 0 Å². The highest BCUT2D eigenvalue weighted by atomic mass is 15.1. The molecule has 1 aromatic heterocycles. The maximum atomic E-state index is 5.58. The number of aromatic nitrogens is 2. The van der Waals surface area contributed by atoms with Crippen molar-refractivity contribution in [3.8, 4) is 0 Å². The first-order chi connectivity index (χ1) is 7.70. The lowest BCUT2D eigenvalue weighted by molar-refractivity contribution is 0.757. The molecule has 0 saturated heterocycles. The minimum Gasteiger partial charge on any atom is -0.330 e. The Hall–Kier alpha value is -1.61. The van der Waals surface area contributed by atoms with Crippen LogP contribution in [0.2, 0.25) is 0 Å². The maximum Gasteiger partial charge on any atom is 0.106 e. The highest BCUT2D eigenvalue weighted by molar-refractivity contribution is 5.26. The molecule has 0 bridgehead atoms. The molecule has 0 aliphatic heterocycles. The van der Waals surface area contributed by atoms with Gasteiger partial charge in [0.1, 0.15) is 5.82 Å². The van der Waals surface area contributed by atoms with Crippen molar-refractivity contribution in [2.24, 2.45) is 5.73 Å². The number of aryl methyl sites for hydroxylation is 2. The van der Waals surface area contributed by atoms with Crippen molar-refractivity contribution in [3.05, 3.63) is 53.1 Å². The Balaban J connectivity index is 2.27. The topological polar surface area (TPSA) is 43.8 Å². The summed E-state index contributed by atoms with van der Waals surface area (Å²) < 4.78 is 2.14. The zero-order chi connectivity index (χ0) is 11.5. The van der Waals surface area contributed by atoms with E-state index in [2.05, 4.69) is 40.7 Å². The molecular formula is C13H17N3. The fourth-order valence-corrected chi connectivity index (χ4v) is 1.80. The molecule has 3 nitrogen and oxygen atoms in total. The van der Waals surface area contributed by atoms with Gasteiger partial charge in [-0.15, -0.1) is 0 Å². The van der Waals surface area contributed by atoms with Crippen LogP contribution in [-0.4, -0.2) is 9.55 Å². The van der Waals surface area contributed by atoms with Gasteiger partial charge in [-0.25, -0.2) is 4.98 Å². The van der Waals surface area contributed by atoms with Gasteiger partial charge in [0.05, 0.1) is 5.69 Å². The quantitative estimate of drug-likeness (QED) is 0.851. The normalized spacial score (nSPS) is 10.7. The summed E-state index contributed by atoms with van der Waals surface area (Å²) in [7, 11) is 0. The van der Waals surface area contributed by atoms with Crippen LogP contribution >= 0.6 is 0 Å². The molecule has 0 amide bonds. The molecule has 3 heteroatoms. The number of rotatable bonds is 3. The third-order valence-electron chi connectivity index (χ3n) is 2.84.